The first-order valence-corrected chi connectivity index (χ1v) is 11.6. The average molecular weight is 464 g/mol. The van der Waals surface area contributed by atoms with Crippen LogP contribution < -0.4 is 18.9 Å². The van der Waals surface area contributed by atoms with Crippen molar-refractivity contribution in [2.24, 2.45) is 0 Å². The molecular formula is C28H33NO5. The van der Waals surface area contributed by atoms with E-state index in [2.05, 4.69) is 23.1 Å². The molecule has 1 N–H and O–H groups in total. The lowest BCUT2D eigenvalue weighted by Crippen LogP contribution is -2.25. The Morgan fingerprint density at radius 1 is 0.912 bits per heavy atom. The maximum absolute atomic E-state index is 10.8. The number of aliphatic hydroxyl groups excluding tert-OH is 1. The first kappa shape index (κ1) is 23.9. The number of fused-ring (bicyclic) bond motifs is 1. The molecule has 0 aliphatic carbocycles. The van der Waals surface area contributed by atoms with E-state index >= 15 is 0 Å². The van der Waals surface area contributed by atoms with Gasteiger partial charge in [-0.05, 0) is 42.2 Å². The highest BCUT2D eigenvalue weighted by Gasteiger charge is 2.20. The summed E-state index contributed by atoms with van der Waals surface area (Å²) >= 11 is 0. The maximum Gasteiger partial charge on any atom is 0.164 e. The lowest BCUT2D eigenvalue weighted by Gasteiger charge is -2.22. The van der Waals surface area contributed by atoms with Crippen LogP contribution in [0.4, 0.5) is 0 Å². The van der Waals surface area contributed by atoms with Crippen molar-refractivity contribution in [3.63, 3.8) is 0 Å². The van der Waals surface area contributed by atoms with Crippen LogP contribution in [-0.4, -0.2) is 44.5 Å². The van der Waals surface area contributed by atoms with Crippen LogP contribution in [0.3, 0.4) is 0 Å². The summed E-state index contributed by atoms with van der Waals surface area (Å²) in [4.78, 5) is 2.32. The fourth-order valence-corrected chi connectivity index (χ4v) is 4.38. The highest BCUT2D eigenvalue weighted by atomic mass is 16.5. The number of hydrogen-bond acceptors (Lipinski definition) is 6. The average Bonchev–Trinajstić information content (AvgIpc) is 3.08. The van der Waals surface area contributed by atoms with E-state index in [0.29, 0.717) is 37.6 Å². The zero-order valence-electron chi connectivity index (χ0n) is 20.1. The minimum Gasteiger partial charge on any atom is -0.496 e. The van der Waals surface area contributed by atoms with Crippen LogP contribution in [0.5, 0.6) is 23.0 Å². The minimum absolute atomic E-state index is 0.520. The van der Waals surface area contributed by atoms with Crippen LogP contribution in [0.2, 0.25) is 0 Å². The Hall–Kier alpha value is -3.22. The number of methoxy groups -OCH3 is 3. The second kappa shape index (κ2) is 11.3. The Bertz CT molecular complexity index is 1090. The van der Waals surface area contributed by atoms with Gasteiger partial charge in [-0.1, -0.05) is 36.4 Å². The van der Waals surface area contributed by atoms with Gasteiger partial charge in [-0.2, -0.15) is 0 Å². The summed E-state index contributed by atoms with van der Waals surface area (Å²) in [6.07, 6.45) is 0.991. The molecule has 180 valence electrons. The molecule has 34 heavy (non-hydrogen) atoms. The number of rotatable bonds is 9. The summed E-state index contributed by atoms with van der Waals surface area (Å²) in [5.74, 6) is 2.95. The van der Waals surface area contributed by atoms with E-state index in [-0.39, 0.29) is 0 Å². The molecular weight excluding hydrogens is 430 g/mol. The van der Waals surface area contributed by atoms with Crippen LogP contribution in [0.1, 0.15) is 34.8 Å². The van der Waals surface area contributed by atoms with E-state index in [0.717, 1.165) is 41.2 Å². The molecule has 6 heteroatoms. The van der Waals surface area contributed by atoms with Crippen molar-refractivity contribution in [3.05, 3.63) is 82.9 Å². The van der Waals surface area contributed by atoms with E-state index in [1.54, 1.807) is 21.3 Å². The van der Waals surface area contributed by atoms with Gasteiger partial charge in [0.15, 0.2) is 11.5 Å². The minimum atomic E-state index is -0.520. The monoisotopic (exact) mass is 463 g/mol. The molecule has 3 aromatic carbocycles. The molecule has 1 heterocycles. The summed E-state index contributed by atoms with van der Waals surface area (Å²) in [5, 5.41) is 10.8. The molecule has 0 fully saturated rings. The molecule has 0 saturated carbocycles. The van der Waals surface area contributed by atoms with Gasteiger partial charge >= 0.3 is 0 Å². The van der Waals surface area contributed by atoms with Crippen LogP contribution in [0.25, 0.3) is 0 Å². The summed E-state index contributed by atoms with van der Waals surface area (Å²) in [6.45, 7) is 2.76. The molecule has 0 aromatic heterocycles. The molecule has 0 radical (unpaired) electrons. The predicted molar refractivity (Wildman–Crippen MR) is 132 cm³/mol. The second-order valence-electron chi connectivity index (χ2n) is 8.49. The zero-order chi connectivity index (χ0) is 23.9. The lowest BCUT2D eigenvalue weighted by molar-refractivity contribution is 0.167. The molecule has 0 bridgehead atoms. The number of hydrogen-bond donors (Lipinski definition) is 1. The Balaban J connectivity index is 1.49. The third-order valence-corrected chi connectivity index (χ3v) is 6.26. The van der Waals surface area contributed by atoms with Gasteiger partial charge in [-0.15, -0.1) is 0 Å². The molecule has 3 aromatic rings. The number of aliphatic hydroxyl groups is 1. The van der Waals surface area contributed by atoms with E-state index < -0.39 is 6.10 Å². The molecule has 6 nitrogen and oxygen atoms in total. The molecule has 0 saturated heterocycles. The zero-order valence-corrected chi connectivity index (χ0v) is 20.1. The van der Waals surface area contributed by atoms with Gasteiger partial charge in [0, 0.05) is 36.8 Å². The van der Waals surface area contributed by atoms with E-state index in [1.165, 1.54) is 5.56 Å². The molecule has 1 atom stereocenters. The highest BCUT2D eigenvalue weighted by Crippen LogP contribution is 2.36. The third-order valence-electron chi connectivity index (χ3n) is 6.26. The van der Waals surface area contributed by atoms with Gasteiger partial charge in [0.2, 0.25) is 0 Å². The maximum atomic E-state index is 10.8. The first-order valence-electron chi connectivity index (χ1n) is 11.6. The van der Waals surface area contributed by atoms with Gasteiger partial charge in [-0.25, -0.2) is 0 Å². The Morgan fingerprint density at radius 3 is 2.38 bits per heavy atom. The number of nitrogens with zero attached hydrogens (tertiary/aromatic N) is 1. The van der Waals surface area contributed by atoms with Crippen molar-refractivity contribution in [2.45, 2.75) is 32.0 Å². The van der Waals surface area contributed by atoms with Crippen molar-refractivity contribution in [3.8, 4) is 23.0 Å². The summed E-state index contributed by atoms with van der Waals surface area (Å²) in [6, 6.07) is 20.1. The molecule has 1 aliphatic rings. The van der Waals surface area contributed by atoms with E-state index in [4.69, 9.17) is 18.9 Å². The fourth-order valence-electron chi connectivity index (χ4n) is 4.38. The second-order valence-corrected chi connectivity index (χ2v) is 8.49. The van der Waals surface area contributed by atoms with Crippen LogP contribution in [0.15, 0.2) is 60.7 Å². The molecule has 1 aliphatic heterocycles. The van der Waals surface area contributed by atoms with E-state index in [1.807, 2.05) is 42.5 Å². The van der Waals surface area contributed by atoms with Crippen molar-refractivity contribution >= 4 is 0 Å². The van der Waals surface area contributed by atoms with Crippen molar-refractivity contribution in [2.75, 3.05) is 34.5 Å². The molecule has 0 amide bonds. The van der Waals surface area contributed by atoms with Gasteiger partial charge in [0.05, 0.1) is 27.4 Å². The fraction of sp³-hybridized carbons (Fsp3) is 0.357. The van der Waals surface area contributed by atoms with Crippen molar-refractivity contribution in [1.82, 2.24) is 4.90 Å². The van der Waals surface area contributed by atoms with Crippen molar-refractivity contribution < 1.29 is 24.1 Å². The highest BCUT2D eigenvalue weighted by molar-refractivity contribution is 5.50. The van der Waals surface area contributed by atoms with Gasteiger partial charge in [-0.3, -0.25) is 4.90 Å². The summed E-state index contributed by atoms with van der Waals surface area (Å²) < 4.78 is 22.5. The Morgan fingerprint density at radius 2 is 1.65 bits per heavy atom. The molecule has 0 spiro atoms. The van der Waals surface area contributed by atoms with Gasteiger partial charge in [0.25, 0.3) is 0 Å². The number of ether oxygens (including phenoxy) is 4. The normalized spacial score (nSPS) is 14.5. The third kappa shape index (κ3) is 5.64. The Kier molecular flexibility index (Phi) is 7.93. The van der Waals surface area contributed by atoms with Gasteiger partial charge in [0.1, 0.15) is 18.1 Å². The van der Waals surface area contributed by atoms with Crippen LogP contribution >= 0.6 is 0 Å². The predicted octanol–water partition coefficient (Wildman–Crippen LogP) is 4.77. The number of aryl methyl sites for hydroxylation is 1. The SMILES string of the molecule is COc1cc(OC)c(OC)cc1CN1CCOc2ccc([C@@H](O)CCc3ccccc3)cc2C1. The first-order chi connectivity index (χ1) is 16.6. The van der Waals surface area contributed by atoms with Crippen LogP contribution in [0, 0.1) is 0 Å². The topological polar surface area (TPSA) is 60.4 Å². The smallest absolute Gasteiger partial charge is 0.164 e. The summed E-state index contributed by atoms with van der Waals surface area (Å²) in [7, 11) is 4.91. The van der Waals surface area contributed by atoms with Crippen molar-refractivity contribution in [1.29, 1.82) is 0 Å². The largest absolute Gasteiger partial charge is 0.496 e. The number of benzene rings is 3. The summed E-state index contributed by atoms with van der Waals surface area (Å²) in [5.41, 5.74) is 4.24. The standard InChI is InChI=1S/C28H33NO5/c1-31-26-17-28(33-3)27(32-2)16-23(26)19-29-13-14-34-25-12-10-21(15-22(25)18-29)24(30)11-9-20-7-5-4-6-8-20/h4-8,10,12,15-17,24,30H,9,11,13-14,18-19H2,1-3H3/t24-/m0/s1. The van der Waals surface area contributed by atoms with E-state index in [9.17, 15) is 5.11 Å². The Labute approximate surface area is 201 Å². The lowest BCUT2D eigenvalue weighted by atomic mass is 9.99. The molecule has 4 rings (SSSR count). The quantitative estimate of drug-likeness (QED) is 0.493. The van der Waals surface area contributed by atoms with Gasteiger partial charge < -0.3 is 24.1 Å². The molecule has 0 unspecified atom stereocenters. The van der Waals surface area contributed by atoms with Crippen LogP contribution in [-0.2, 0) is 19.5 Å².